The molecule has 0 unspecified atom stereocenters. The van der Waals surface area contributed by atoms with Crippen LogP contribution in [0, 0.1) is 5.92 Å². The first kappa shape index (κ1) is 19.5. The average Bonchev–Trinajstić information content (AvgIpc) is 3.73. The summed E-state index contributed by atoms with van der Waals surface area (Å²) in [6.45, 7) is 5.20. The molecule has 6 rings (SSSR count). The number of piperazine rings is 1. The zero-order valence-electron chi connectivity index (χ0n) is 18.4. The maximum Gasteiger partial charge on any atom is 0.222 e. The molecule has 0 radical (unpaired) electrons. The molecule has 1 aromatic carbocycles. The first-order valence-electron chi connectivity index (χ1n) is 11.6. The van der Waals surface area contributed by atoms with Crippen molar-refractivity contribution in [2.24, 2.45) is 5.92 Å². The normalized spacial score (nSPS) is 19.9. The Kier molecular flexibility index (Phi) is 4.55. The zero-order valence-corrected chi connectivity index (χ0v) is 18.4. The van der Waals surface area contributed by atoms with Crippen LogP contribution in [0.1, 0.15) is 39.0 Å². The predicted molar refractivity (Wildman–Crippen MR) is 122 cm³/mol. The van der Waals surface area contributed by atoms with E-state index in [0.29, 0.717) is 11.8 Å². The lowest BCUT2D eigenvalue weighted by Crippen LogP contribution is -2.49. The van der Waals surface area contributed by atoms with Crippen molar-refractivity contribution in [1.82, 2.24) is 25.1 Å². The second-order valence-electron chi connectivity index (χ2n) is 9.61. The van der Waals surface area contributed by atoms with Crippen LogP contribution in [-0.2, 0) is 4.79 Å². The first-order chi connectivity index (χ1) is 15.6. The minimum Gasteiger partial charge on any atom is -0.488 e. The number of amides is 1. The Hall–Kier alpha value is -3.16. The standard InChI is InChI=1S/C24H28N6O2/c1-24(6-7-24)32-17-4-5-19-18(13-17)23(28-27-19)20-14-21(26-15-25-20)29-8-10-30(11-9-29)22(31)12-16-2-3-16/h4-5,13-16H,2-3,6-12H2,1H3,(H,27,28). The minimum atomic E-state index is -0.0259. The fraction of sp³-hybridized carbons (Fsp3) is 0.500. The summed E-state index contributed by atoms with van der Waals surface area (Å²) in [7, 11) is 0. The second kappa shape index (κ2) is 7.46. The third-order valence-corrected chi connectivity index (χ3v) is 6.86. The minimum absolute atomic E-state index is 0.0259. The molecule has 0 atom stereocenters. The predicted octanol–water partition coefficient (Wildman–Crippen LogP) is 3.40. The van der Waals surface area contributed by atoms with Crippen molar-refractivity contribution in [2.75, 3.05) is 31.1 Å². The van der Waals surface area contributed by atoms with E-state index in [2.05, 4.69) is 32.0 Å². The van der Waals surface area contributed by atoms with E-state index in [1.165, 1.54) is 12.8 Å². The van der Waals surface area contributed by atoms with Crippen molar-refractivity contribution in [3.05, 3.63) is 30.6 Å². The molecule has 2 aromatic heterocycles. The molecule has 3 fully saturated rings. The molecule has 2 aliphatic carbocycles. The molecular weight excluding hydrogens is 404 g/mol. The van der Waals surface area contributed by atoms with Gasteiger partial charge in [0.2, 0.25) is 5.91 Å². The maximum atomic E-state index is 12.4. The van der Waals surface area contributed by atoms with Crippen LogP contribution in [0.5, 0.6) is 5.75 Å². The fourth-order valence-corrected chi connectivity index (χ4v) is 4.35. The smallest absolute Gasteiger partial charge is 0.222 e. The Labute approximate surface area is 187 Å². The van der Waals surface area contributed by atoms with Crippen molar-refractivity contribution in [3.8, 4) is 17.1 Å². The number of fused-ring (bicyclic) bond motifs is 1. The number of aromatic nitrogens is 4. The summed E-state index contributed by atoms with van der Waals surface area (Å²) in [5.74, 6) is 2.67. The molecule has 0 bridgehead atoms. The van der Waals surface area contributed by atoms with Gasteiger partial charge in [-0.1, -0.05) is 0 Å². The Morgan fingerprint density at radius 1 is 1.16 bits per heavy atom. The van der Waals surface area contributed by atoms with Crippen molar-refractivity contribution < 1.29 is 9.53 Å². The molecule has 2 saturated carbocycles. The topological polar surface area (TPSA) is 87.2 Å². The summed E-state index contributed by atoms with van der Waals surface area (Å²) in [5.41, 5.74) is 2.51. The van der Waals surface area contributed by atoms with Gasteiger partial charge in [-0.25, -0.2) is 9.97 Å². The van der Waals surface area contributed by atoms with Crippen LogP contribution < -0.4 is 9.64 Å². The molecule has 3 heterocycles. The van der Waals surface area contributed by atoms with Crippen LogP contribution in [0.3, 0.4) is 0 Å². The number of hydrogen-bond donors (Lipinski definition) is 1. The SMILES string of the molecule is CC1(Oc2ccc3[nH]nc(-c4cc(N5CCN(C(=O)CC6CC6)CC5)ncn4)c3c2)CC1. The number of nitrogens with one attached hydrogen (secondary N) is 1. The lowest BCUT2D eigenvalue weighted by atomic mass is 10.1. The van der Waals surface area contributed by atoms with Crippen molar-refractivity contribution >= 4 is 22.6 Å². The molecule has 3 aliphatic rings. The molecular formula is C24H28N6O2. The van der Waals surface area contributed by atoms with Gasteiger partial charge in [0, 0.05) is 44.1 Å². The van der Waals surface area contributed by atoms with Gasteiger partial charge in [0.05, 0.1) is 11.2 Å². The van der Waals surface area contributed by atoms with Crippen molar-refractivity contribution in [1.29, 1.82) is 0 Å². The van der Waals surface area contributed by atoms with E-state index in [4.69, 9.17) is 4.74 Å². The van der Waals surface area contributed by atoms with Crippen LogP contribution in [-0.4, -0.2) is 62.8 Å². The third-order valence-electron chi connectivity index (χ3n) is 6.86. The number of benzene rings is 1. The van der Waals surface area contributed by atoms with Crippen LogP contribution in [0.2, 0.25) is 0 Å². The monoisotopic (exact) mass is 432 g/mol. The fourth-order valence-electron chi connectivity index (χ4n) is 4.35. The highest BCUT2D eigenvalue weighted by Gasteiger charge is 2.40. The van der Waals surface area contributed by atoms with E-state index >= 15 is 0 Å². The second-order valence-corrected chi connectivity index (χ2v) is 9.61. The first-order valence-corrected chi connectivity index (χ1v) is 11.6. The van der Waals surface area contributed by atoms with E-state index in [9.17, 15) is 4.79 Å². The van der Waals surface area contributed by atoms with Gasteiger partial charge in [-0.2, -0.15) is 5.10 Å². The van der Waals surface area contributed by atoms with E-state index in [0.717, 1.165) is 79.3 Å². The quantitative estimate of drug-likeness (QED) is 0.642. The van der Waals surface area contributed by atoms with Gasteiger partial charge in [-0.05, 0) is 56.7 Å². The summed E-state index contributed by atoms with van der Waals surface area (Å²) in [6, 6.07) is 8.03. The van der Waals surface area contributed by atoms with Crippen LogP contribution >= 0.6 is 0 Å². The van der Waals surface area contributed by atoms with Crippen molar-refractivity contribution in [3.63, 3.8) is 0 Å². The third kappa shape index (κ3) is 3.89. The molecule has 3 aromatic rings. The van der Waals surface area contributed by atoms with Gasteiger partial charge in [0.25, 0.3) is 0 Å². The highest BCUT2D eigenvalue weighted by Crippen LogP contribution is 2.40. The molecule has 0 spiro atoms. The highest BCUT2D eigenvalue weighted by molar-refractivity contribution is 5.93. The number of rotatable bonds is 6. The molecule has 8 nitrogen and oxygen atoms in total. The molecule has 32 heavy (non-hydrogen) atoms. The molecule has 1 saturated heterocycles. The lowest BCUT2D eigenvalue weighted by Gasteiger charge is -2.35. The van der Waals surface area contributed by atoms with Gasteiger partial charge < -0.3 is 14.5 Å². The summed E-state index contributed by atoms with van der Waals surface area (Å²) in [6.07, 6.45) is 6.93. The highest BCUT2D eigenvalue weighted by atomic mass is 16.5. The Bertz CT molecular complexity index is 1160. The average molecular weight is 433 g/mol. The zero-order chi connectivity index (χ0) is 21.7. The number of ether oxygens (including phenoxy) is 1. The number of nitrogens with zero attached hydrogens (tertiary/aromatic N) is 5. The number of anilines is 1. The Morgan fingerprint density at radius 2 is 1.97 bits per heavy atom. The van der Waals surface area contributed by atoms with E-state index in [-0.39, 0.29) is 5.60 Å². The van der Waals surface area contributed by atoms with E-state index in [1.54, 1.807) is 6.33 Å². The summed E-state index contributed by atoms with van der Waals surface area (Å²) >= 11 is 0. The summed E-state index contributed by atoms with van der Waals surface area (Å²) in [4.78, 5) is 25.6. The molecule has 8 heteroatoms. The largest absolute Gasteiger partial charge is 0.488 e. The van der Waals surface area contributed by atoms with Crippen LogP contribution in [0.25, 0.3) is 22.3 Å². The number of hydrogen-bond acceptors (Lipinski definition) is 6. The molecule has 1 amide bonds. The summed E-state index contributed by atoms with van der Waals surface area (Å²) < 4.78 is 6.14. The Morgan fingerprint density at radius 3 is 2.72 bits per heavy atom. The number of H-pyrrole nitrogens is 1. The van der Waals surface area contributed by atoms with Gasteiger partial charge in [-0.3, -0.25) is 9.89 Å². The maximum absolute atomic E-state index is 12.4. The summed E-state index contributed by atoms with van der Waals surface area (Å²) in [5, 5.41) is 8.63. The number of carbonyl (C=O) groups excluding carboxylic acids is 1. The Balaban J connectivity index is 1.20. The van der Waals surface area contributed by atoms with Gasteiger partial charge in [0.15, 0.2) is 0 Å². The number of aromatic amines is 1. The van der Waals surface area contributed by atoms with Gasteiger partial charge in [-0.15, -0.1) is 0 Å². The molecule has 1 aliphatic heterocycles. The van der Waals surface area contributed by atoms with E-state index in [1.807, 2.05) is 29.2 Å². The molecule has 166 valence electrons. The molecule has 1 N–H and O–H groups in total. The van der Waals surface area contributed by atoms with Crippen molar-refractivity contribution in [2.45, 2.75) is 44.6 Å². The van der Waals surface area contributed by atoms with Crippen LogP contribution in [0.4, 0.5) is 5.82 Å². The lowest BCUT2D eigenvalue weighted by molar-refractivity contribution is -0.131. The van der Waals surface area contributed by atoms with Gasteiger partial charge in [0.1, 0.15) is 29.2 Å². The van der Waals surface area contributed by atoms with E-state index < -0.39 is 0 Å². The van der Waals surface area contributed by atoms with Crippen LogP contribution in [0.15, 0.2) is 30.6 Å². The number of carbonyl (C=O) groups is 1. The van der Waals surface area contributed by atoms with Gasteiger partial charge >= 0.3 is 0 Å².